The average molecular weight is 735 g/mol. The second-order valence-electron chi connectivity index (χ2n) is 10.8. The first-order valence-corrected chi connectivity index (χ1v) is 17.9. The first-order valence-electron chi connectivity index (χ1n) is 14.4. The Morgan fingerprint density at radius 2 is 1.84 bits per heavy atom. The van der Waals surface area contributed by atoms with Crippen LogP contribution in [0.25, 0.3) is 16.5 Å². The fourth-order valence-corrected chi connectivity index (χ4v) is 7.96. The van der Waals surface area contributed by atoms with Crippen LogP contribution in [0.4, 0.5) is 5.69 Å². The molecule has 4 aromatic rings. The second kappa shape index (κ2) is 13.8. The van der Waals surface area contributed by atoms with Crippen molar-refractivity contribution in [3.63, 3.8) is 0 Å². The van der Waals surface area contributed by atoms with Gasteiger partial charge in [0.05, 0.1) is 21.3 Å². The predicted octanol–water partition coefficient (Wildman–Crippen LogP) is 5.44. The molecule has 0 saturated heterocycles. The molecular formula is C30H33BrClN7O4S2. The van der Waals surface area contributed by atoms with Crippen LogP contribution in [-0.4, -0.2) is 46.4 Å². The molecule has 0 aliphatic heterocycles. The molecule has 1 aliphatic rings. The van der Waals surface area contributed by atoms with Gasteiger partial charge < -0.3 is 16.8 Å². The third-order valence-electron chi connectivity index (χ3n) is 7.52. The Morgan fingerprint density at radius 1 is 1.11 bits per heavy atom. The quantitative estimate of drug-likeness (QED) is 0.0792. The van der Waals surface area contributed by atoms with E-state index in [2.05, 4.69) is 49.6 Å². The van der Waals surface area contributed by atoms with E-state index in [9.17, 15) is 18.0 Å². The van der Waals surface area contributed by atoms with Crippen molar-refractivity contribution in [2.75, 3.05) is 11.9 Å². The number of fused-ring (bicyclic) bond motifs is 1. The summed E-state index contributed by atoms with van der Waals surface area (Å²) in [6.07, 6.45) is 3.79. The zero-order valence-corrected chi connectivity index (χ0v) is 28.4. The highest BCUT2D eigenvalue weighted by Gasteiger charge is 2.38. The highest BCUT2D eigenvalue weighted by Crippen LogP contribution is 2.45. The number of anilines is 1. The highest BCUT2D eigenvalue weighted by atomic mass is 79.9. The Bertz CT molecular complexity index is 1870. The van der Waals surface area contributed by atoms with Gasteiger partial charge in [-0.1, -0.05) is 60.6 Å². The van der Waals surface area contributed by atoms with Gasteiger partial charge in [-0.2, -0.15) is 0 Å². The summed E-state index contributed by atoms with van der Waals surface area (Å²) in [6.45, 7) is 1.97. The molecule has 45 heavy (non-hydrogen) atoms. The van der Waals surface area contributed by atoms with Crippen LogP contribution in [0.2, 0.25) is 5.02 Å². The van der Waals surface area contributed by atoms with Crippen LogP contribution in [0.3, 0.4) is 0 Å². The number of carbonyl (C=O) groups is 2. The number of nitrogens with zero attached hydrogens (tertiary/aromatic N) is 3. The van der Waals surface area contributed by atoms with Crippen LogP contribution < -0.4 is 21.5 Å². The molecule has 1 aromatic heterocycles. The molecule has 1 fully saturated rings. The number of hydrogen-bond acceptors (Lipinski definition) is 9. The Kier molecular flexibility index (Phi) is 10.2. The molecule has 0 radical (unpaired) electrons. The summed E-state index contributed by atoms with van der Waals surface area (Å²) in [5.41, 5.74) is 14.9. The normalized spacial score (nSPS) is 14.7. The van der Waals surface area contributed by atoms with E-state index < -0.39 is 26.7 Å². The Morgan fingerprint density at radius 3 is 2.51 bits per heavy atom. The number of nitrogens with two attached hydrogens (primary N) is 2. The Balaban J connectivity index is 1.46. The van der Waals surface area contributed by atoms with Gasteiger partial charge in [0.1, 0.15) is 4.87 Å². The molecule has 2 amide bonds. The van der Waals surface area contributed by atoms with Gasteiger partial charge in [-0.3, -0.25) is 14.2 Å². The lowest BCUT2D eigenvalue weighted by Gasteiger charge is -2.27. The van der Waals surface area contributed by atoms with E-state index in [1.165, 1.54) is 37.5 Å². The van der Waals surface area contributed by atoms with Crippen LogP contribution in [0, 0.1) is 0 Å². The predicted molar refractivity (Wildman–Crippen MR) is 180 cm³/mol. The number of benzene rings is 3. The molecule has 3 aromatic carbocycles. The molecule has 1 unspecified atom stereocenters. The molecule has 1 aliphatic carbocycles. The summed E-state index contributed by atoms with van der Waals surface area (Å²) in [5.74, 6) is -0.667. The van der Waals surface area contributed by atoms with Crippen molar-refractivity contribution in [3.05, 3.63) is 69.9 Å². The number of nitrogens with one attached hydrogen (secondary N) is 2. The minimum absolute atomic E-state index is 0.00611. The number of halogens is 2. The van der Waals surface area contributed by atoms with Gasteiger partial charge >= 0.3 is 0 Å². The summed E-state index contributed by atoms with van der Waals surface area (Å²) in [6, 6.07) is 16.1. The van der Waals surface area contributed by atoms with Crippen molar-refractivity contribution < 1.29 is 18.0 Å². The fourth-order valence-electron chi connectivity index (χ4n) is 4.95. The fraction of sp³-hybridized carbons (Fsp3) is 0.333. The molecule has 5 rings (SSSR count). The van der Waals surface area contributed by atoms with E-state index in [1.54, 1.807) is 0 Å². The molecule has 0 bridgehead atoms. The summed E-state index contributed by atoms with van der Waals surface area (Å²) in [4.78, 5) is 23.8. The van der Waals surface area contributed by atoms with E-state index in [0.29, 0.717) is 35.2 Å². The second-order valence-corrected chi connectivity index (χ2v) is 14.9. The van der Waals surface area contributed by atoms with Gasteiger partial charge in [-0.05, 0) is 95.7 Å². The molecule has 1 saturated carbocycles. The minimum atomic E-state index is -4.13. The van der Waals surface area contributed by atoms with Gasteiger partial charge in [0, 0.05) is 11.8 Å². The Labute approximate surface area is 279 Å². The topological polar surface area (TPSA) is 175 Å². The summed E-state index contributed by atoms with van der Waals surface area (Å²) in [5, 5.41) is 13.9. The number of carbonyl (C=O) groups excluding carboxylic acids is 2. The van der Waals surface area contributed by atoms with Crippen LogP contribution in [0.5, 0.6) is 0 Å². The van der Waals surface area contributed by atoms with Crippen LogP contribution in [0.15, 0.2) is 69.4 Å². The molecule has 238 valence electrons. The number of rotatable bonds is 13. The standard InChI is InChI=1S/C30H33BrClN7O4S2/c1-2-26(40)38-45(42,43)19-11-13-24(23(32)17-19)35-27(41)30(34,15-5-6-16-33)44-29-37-36-28(31)39(29)25-14-12-20(18-9-10-18)21-7-3-4-8-22(21)25/h3-4,7-8,11-14,17-18H,2,5-6,9-10,15-16,33-34H2,1H3,(H,35,41)(H,38,40). The monoisotopic (exact) mass is 733 g/mol. The maximum absolute atomic E-state index is 13.9. The average Bonchev–Trinajstić information content (AvgIpc) is 3.80. The van der Waals surface area contributed by atoms with Gasteiger partial charge in [0.25, 0.3) is 15.9 Å². The number of aromatic nitrogens is 3. The van der Waals surface area contributed by atoms with E-state index in [-0.39, 0.29) is 28.4 Å². The smallest absolute Gasteiger partial charge is 0.264 e. The van der Waals surface area contributed by atoms with Gasteiger partial charge in [0.15, 0.2) is 5.16 Å². The lowest BCUT2D eigenvalue weighted by atomic mass is 9.99. The summed E-state index contributed by atoms with van der Waals surface area (Å²) in [7, 11) is -4.13. The molecule has 6 N–H and O–H groups in total. The van der Waals surface area contributed by atoms with Gasteiger partial charge in [0.2, 0.25) is 10.6 Å². The van der Waals surface area contributed by atoms with E-state index in [4.69, 9.17) is 23.1 Å². The third-order valence-corrected chi connectivity index (χ3v) is 10.9. The lowest BCUT2D eigenvalue weighted by Crippen LogP contribution is -2.48. The van der Waals surface area contributed by atoms with Crippen LogP contribution in [0.1, 0.15) is 56.9 Å². The number of hydrogen-bond donors (Lipinski definition) is 4. The first-order chi connectivity index (χ1) is 21.5. The van der Waals surface area contributed by atoms with Crippen molar-refractivity contribution in [2.45, 2.75) is 66.3 Å². The zero-order valence-electron chi connectivity index (χ0n) is 24.4. The van der Waals surface area contributed by atoms with Crippen molar-refractivity contribution >= 4 is 77.6 Å². The van der Waals surface area contributed by atoms with Crippen molar-refractivity contribution in [3.8, 4) is 5.69 Å². The number of thioether (sulfide) groups is 1. The molecule has 0 spiro atoms. The molecule has 11 nitrogen and oxygen atoms in total. The van der Waals surface area contributed by atoms with Crippen molar-refractivity contribution in [2.24, 2.45) is 11.5 Å². The Hall–Kier alpha value is -3.01. The summed E-state index contributed by atoms with van der Waals surface area (Å²) >= 11 is 11.0. The maximum Gasteiger partial charge on any atom is 0.264 e. The van der Waals surface area contributed by atoms with Crippen LogP contribution in [-0.2, 0) is 19.6 Å². The van der Waals surface area contributed by atoms with E-state index in [1.807, 2.05) is 27.5 Å². The van der Waals surface area contributed by atoms with Crippen LogP contribution >= 0.6 is 39.3 Å². The lowest BCUT2D eigenvalue weighted by molar-refractivity contribution is -0.119. The van der Waals surface area contributed by atoms with Gasteiger partial charge in [-0.15, -0.1) is 10.2 Å². The molecule has 1 atom stereocenters. The van der Waals surface area contributed by atoms with Crippen molar-refractivity contribution in [1.82, 2.24) is 19.5 Å². The van der Waals surface area contributed by atoms with Crippen molar-refractivity contribution in [1.29, 1.82) is 0 Å². The summed E-state index contributed by atoms with van der Waals surface area (Å²) < 4.78 is 29.4. The van der Waals surface area contributed by atoms with E-state index in [0.717, 1.165) is 34.3 Å². The molecule has 1 heterocycles. The number of amides is 2. The van der Waals surface area contributed by atoms with Gasteiger partial charge in [-0.25, -0.2) is 13.1 Å². The highest BCUT2D eigenvalue weighted by molar-refractivity contribution is 9.10. The van der Waals surface area contributed by atoms with E-state index >= 15 is 0 Å². The SMILES string of the molecule is CCC(=O)NS(=O)(=O)c1ccc(NC(=O)C(N)(CCCCN)Sc2nnc(Br)n2-c2ccc(C3CC3)c3ccccc23)c(Cl)c1. The maximum atomic E-state index is 13.9. The minimum Gasteiger partial charge on any atom is -0.330 e. The molecular weight excluding hydrogens is 702 g/mol. The molecule has 15 heteroatoms. The zero-order chi connectivity index (χ0) is 32.4. The number of sulfonamides is 1. The largest absolute Gasteiger partial charge is 0.330 e. The number of unbranched alkanes of at least 4 members (excludes halogenated alkanes) is 1. The first kappa shape index (κ1) is 33.4. The third kappa shape index (κ3) is 7.36.